The van der Waals surface area contributed by atoms with Crippen LogP contribution in [0.25, 0.3) is 0 Å². The van der Waals surface area contributed by atoms with Crippen LogP contribution in [0.4, 0.5) is 0 Å². The lowest BCUT2D eigenvalue weighted by Crippen LogP contribution is -2.33. The molecule has 0 aliphatic carbocycles. The molecule has 0 spiro atoms. The normalized spacial score (nSPS) is 14.1. The van der Waals surface area contributed by atoms with Crippen LogP contribution in [0, 0.1) is 0 Å². The Hall–Kier alpha value is -0.640. The lowest BCUT2D eigenvalue weighted by atomic mass is 10.3. The molecule has 0 aromatic rings. The zero-order valence-electron chi connectivity index (χ0n) is 8.54. The van der Waals surface area contributed by atoms with Crippen LogP contribution in [-0.4, -0.2) is 24.1 Å². The van der Waals surface area contributed by atoms with E-state index in [1.54, 1.807) is 0 Å². The summed E-state index contributed by atoms with van der Waals surface area (Å²) in [6, 6.07) is 0.313. The summed E-state index contributed by atoms with van der Waals surface area (Å²) in [5.74, 6) is 0. The van der Waals surface area contributed by atoms with Crippen molar-refractivity contribution in [2.75, 3.05) is 13.1 Å². The third-order valence-corrected chi connectivity index (χ3v) is 1.80. The van der Waals surface area contributed by atoms with Gasteiger partial charge in [-0.1, -0.05) is 26.0 Å². The van der Waals surface area contributed by atoms with Gasteiger partial charge in [-0.25, -0.2) is 10.5 Å². The first-order chi connectivity index (χ1) is 5.74. The highest BCUT2D eigenvalue weighted by atomic mass is 15.7. The molecule has 0 aromatic carbocycles. The van der Waals surface area contributed by atoms with Crippen LogP contribution in [-0.2, 0) is 0 Å². The van der Waals surface area contributed by atoms with Crippen LogP contribution < -0.4 is 5.53 Å². The predicted molar refractivity (Wildman–Crippen MR) is 50.7 cm³/mol. The Kier molecular flexibility index (Phi) is 6.66. The molecule has 0 saturated carbocycles. The molecule has 4 heteroatoms. The van der Waals surface area contributed by atoms with Gasteiger partial charge in [0.15, 0.2) is 0 Å². The van der Waals surface area contributed by atoms with Crippen LogP contribution in [0.3, 0.4) is 0 Å². The van der Waals surface area contributed by atoms with Crippen LogP contribution in [0.2, 0.25) is 0 Å². The topological polar surface area (TPSA) is 40.0 Å². The van der Waals surface area contributed by atoms with Crippen molar-refractivity contribution in [3.63, 3.8) is 0 Å². The second kappa shape index (κ2) is 7.03. The van der Waals surface area contributed by atoms with Crippen molar-refractivity contribution >= 4 is 0 Å². The van der Waals surface area contributed by atoms with Crippen molar-refractivity contribution in [1.82, 2.24) is 10.5 Å². The fraction of sp³-hybridized carbons (Fsp3) is 1.00. The van der Waals surface area contributed by atoms with Gasteiger partial charge in [0.2, 0.25) is 0 Å². The zero-order chi connectivity index (χ0) is 9.40. The van der Waals surface area contributed by atoms with Gasteiger partial charge in [0.1, 0.15) is 0 Å². The minimum atomic E-state index is 0.313. The van der Waals surface area contributed by atoms with Crippen molar-refractivity contribution in [1.29, 1.82) is 0 Å². The molecule has 0 bridgehead atoms. The molecular weight excluding hydrogens is 152 g/mol. The first kappa shape index (κ1) is 11.4. The summed E-state index contributed by atoms with van der Waals surface area (Å²) in [5.41, 5.74) is 2.88. The van der Waals surface area contributed by atoms with Gasteiger partial charge in [-0.2, -0.15) is 5.11 Å². The molecule has 0 rings (SSSR count). The molecule has 0 radical (unpaired) electrons. The standard InChI is InChI=1S/C8H20N4/c1-5-8(4)9-10-11-12(6-2)7-3/h8H,5-7H2,1-4H3,(H,9,11). The SMILES string of the molecule is CCC(C)N=NNN(CC)CC. The average molecular weight is 172 g/mol. The highest BCUT2D eigenvalue weighted by Gasteiger charge is 1.95. The average Bonchev–Trinajstić information content (AvgIpc) is 2.12. The molecule has 0 aromatic heterocycles. The van der Waals surface area contributed by atoms with Crippen molar-refractivity contribution in [3.8, 4) is 0 Å². The monoisotopic (exact) mass is 172 g/mol. The van der Waals surface area contributed by atoms with Crippen molar-refractivity contribution in [2.24, 2.45) is 10.3 Å². The van der Waals surface area contributed by atoms with Crippen molar-refractivity contribution in [2.45, 2.75) is 40.2 Å². The third kappa shape index (κ3) is 5.07. The molecular formula is C8H20N4. The Morgan fingerprint density at radius 3 is 2.25 bits per heavy atom. The number of hydrazine groups is 1. The quantitative estimate of drug-likeness (QED) is 0.491. The largest absolute Gasteiger partial charge is 0.222 e. The lowest BCUT2D eigenvalue weighted by Gasteiger charge is -2.15. The molecule has 0 aliphatic heterocycles. The van der Waals surface area contributed by atoms with Gasteiger partial charge in [-0.3, -0.25) is 0 Å². The van der Waals surface area contributed by atoms with Gasteiger partial charge < -0.3 is 0 Å². The minimum absolute atomic E-state index is 0.313. The molecule has 4 nitrogen and oxygen atoms in total. The maximum atomic E-state index is 4.05. The van der Waals surface area contributed by atoms with E-state index in [0.717, 1.165) is 19.5 Å². The first-order valence-corrected chi connectivity index (χ1v) is 4.64. The molecule has 0 fully saturated rings. The maximum absolute atomic E-state index is 4.05. The maximum Gasteiger partial charge on any atom is 0.0699 e. The van der Waals surface area contributed by atoms with Gasteiger partial charge in [0.05, 0.1) is 6.04 Å². The van der Waals surface area contributed by atoms with Crippen molar-refractivity contribution < 1.29 is 0 Å². The van der Waals surface area contributed by atoms with E-state index >= 15 is 0 Å². The van der Waals surface area contributed by atoms with Crippen molar-refractivity contribution in [3.05, 3.63) is 0 Å². The summed E-state index contributed by atoms with van der Waals surface area (Å²) < 4.78 is 0. The van der Waals surface area contributed by atoms with Gasteiger partial charge >= 0.3 is 0 Å². The molecule has 1 N–H and O–H groups in total. The number of hydrogen-bond donors (Lipinski definition) is 1. The van der Waals surface area contributed by atoms with E-state index in [2.05, 4.69) is 36.6 Å². The van der Waals surface area contributed by atoms with E-state index in [1.807, 2.05) is 11.9 Å². The fourth-order valence-corrected chi connectivity index (χ4v) is 0.634. The summed E-state index contributed by atoms with van der Waals surface area (Å²) in [4.78, 5) is 0. The first-order valence-electron chi connectivity index (χ1n) is 4.64. The summed E-state index contributed by atoms with van der Waals surface area (Å²) in [6.07, 6.45) is 1.03. The Bertz CT molecular complexity index is 120. The molecule has 0 amide bonds. The summed E-state index contributed by atoms with van der Waals surface area (Å²) in [5, 5.41) is 9.93. The molecule has 72 valence electrons. The molecule has 12 heavy (non-hydrogen) atoms. The highest BCUT2D eigenvalue weighted by Crippen LogP contribution is 1.94. The molecule has 1 unspecified atom stereocenters. The van der Waals surface area contributed by atoms with E-state index in [0.29, 0.717) is 6.04 Å². The number of nitrogens with zero attached hydrogens (tertiary/aromatic N) is 3. The summed E-state index contributed by atoms with van der Waals surface area (Å²) in [6.45, 7) is 10.2. The summed E-state index contributed by atoms with van der Waals surface area (Å²) in [7, 11) is 0. The number of hydrogen-bond acceptors (Lipinski definition) is 3. The minimum Gasteiger partial charge on any atom is -0.222 e. The Labute approximate surface area is 75.0 Å². The van der Waals surface area contributed by atoms with Gasteiger partial charge in [-0.05, 0) is 13.3 Å². The second-order valence-electron chi connectivity index (χ2n) is 2.75. The fourth-order valence-electron chi connectivity index (χ4n) is 0.634. The predicted octanol–water partition coefficient (Wildman–Crippen LogP) is 2.00. The zero-order valence-corrected chi connectivity index (χ0v) is 8.54. The van der Waals surface area contributed by atoms with Gasteiger partial charge in [0.25, 0.3) is 0 Å². The van der Waals surface area contributed by atoms with Crippen LogP contribution >= 0.6 is 0 Å². The van der Waals surface area contributed by atoms with Gasteiger partial charge in [0, 0.05) is 13.1 Å². The van der Waals surface area contributed by atoms with Crippen LogP contribution in [0.5, 0.6) is 0 Å². The third-order valence-electron chi connectivity index (χ3n) is 1.80. The Morgan fingerprint density at radius 1 is 1.25 bits per heavy atom. The number of nitrogens with one attached hydrogen (secondary N) is 1. The highest BCUT2D eigenvalue weighted by molar-refractivity contribution is 4.50. The van der Waals surface area contributed by atoms with E-state index in [9.17, 15) is 0 Å². The summed E-state index contributed by atoms with van der Waals surface area (Å²) >= 11 is 0. The van der Waals surface area contributed by atoms with Gasteiger partial charge in [-0.15, -0.1) is 0 Å². The van der Waals surface area contributed by atoms with E-state index < -0.39 is 0 Å². The van der Waals surface area contributed by atoms with Crippen LogP contribution in [0.1, 0.15) is 34.1 Å². The Morgan fingerprint density at radius 2 is 1.83 bits per heavy atom. The molecule has 0 saturated heterocycles. The van der Waals surface area contributed by atoms with Crippen LogP contribution in [0.15, 0.2) is 10.3 Å². The molecule has 1 atom stereocenters. The number of rotatable bonds is 6. The Balaban J connectivity index is 3.57. The smallest absolute Gasteiger partial charge is 0.0699 e. The second-order valence-corrected chi connectivity index (χ2v) is 2.75. The molecule has 0 aliphatic rings. The lowest BCUT2D eigenvalue weighted by molar-refractivity contribution is 0.204. The van der Waals surface area contributed by atoms with E-state index in [-0.39, 0.29) is 0 Å². The van der Waals surface area contributed by atoms with E-state index in [4.69, 9.17) is 0 Å². The van der Waals surface area contributed by atoms with E-state index in [1.165, 1.54) is 0 Å². The molecule has 0 heterocycles.